The monoisotopic (exact) mass is 377 g/mol. The second kappa shape index (κ2) is 5.94. The van der Waals surface area contributed by atoms with Crippen LogP contribution < -0.4 is 5.32 Å². The van der Waals surface area contributed by atoms with Crippen LogP contribution in [-0.2, 0) is 20.0 Å². The number of carbonyl (C=O) groups is 1. The van der Waals surface area contributed by atoms with E-state index in [0.717, 1.165) is 18.5 Å². The van der Waals surface area contributed by atoms with Gasteiger partial charge in [-0.05, 0) is 31.1 Å². The standard InChI is InChI=1S/C19H27N3O3S/c1-19(2,3)16-10-17(22(21-16)14-6-7-26(24,25)11-14)20-18(23)15-9-12-4-5-13(15)8-12/h4-5,10,12-15H,6-9,11H2,1-3H3,(H,20,23)/t12-,13-,14+,15-/m0/s1. The third-order valence-electron chi connectivity index (χ3n) is 5.93. The highest BCUT2D eigenvalue weighted by atomic mass is 32.2. The van der Waals surface area contributed by atoms with Crippen molar-refractivity contribution in [3.05, 3.63) is 23.9 Å². The lowest BCUT2D eigenvalue weighted by molar-refractivity contribution is -0.120. The molecule has 0 spiro atoms. The molecule has 2 heterocycles. The Bertz CT molecular complexity index is 863. The fourth-order valence-electron chi connectivity index (χ4n) is 4.40. The maximum Gasteiger partial charge on any atom is 0.229 e. The average molecular weight is 378 g/mol. The van der Waals surface area contributed by atoms with Crippen LogP contribution >= 0.6 is 0 Å². The van der Waals surface area contributed by atoms with Crippen LogP contribution in [0, 0.1) is 17.8 Å². The maximum absolute atomic E-state index is 12.9. The maximum atomic E-state index is 12.9. The summed E-state index contributed by atoms with van der Waals surface area (Å²) in [5.74, 6) is 1.83. The molecule has 26 heavy (non-hydrogen) atoms. The summed E-state index contributed by atoms with van der Waals surface area (Å²) in [7, 11) is -3.02. The van der Waals surface area contributed by atoms with Gasteiger partial charge in [-0.25, -0.2) is 13.1 Å². The molecule has 2 fully saturated rings. The molecule has 1 saturated carbocycles. The largest absolute Gasteiger partial charge is 0.311 e. The van der Waals surface area contributed by atoms with Crippen molar-refractivity contribution in [2.75, 3.05) is 16.8 Å². The van der Waals surface area contributed by atoms with Crippen molar-refractivity contribution in [1.29, 1.82) is 0 Å². The molecule has 142 valence electrons. The highest BCUT2D eigenvalue weighted by Gasteiger charge is 2.40. The first-order chi connectivity index (χ1) is 12.1. The summed E-state index contributed by atoms with van der Waals surface area (Å²) in [5, 5.41) is 7.75. The lowest BCUT2D eigenvalue weighted by Gasteiger charge is -2.19. The summed E-state index contributed by atoms with van der Waals surface area (Å²) in [6.45, 7) is 6.20. The van der Waals surface area contributed by atoms with Gasteiger partial charge in [-0.3, -0.25) is 4.79 Å². The zero-order chi connectivity index (χ0) is 18.7. The Morgan fingerprint density at radius 2 is 2.04 bits per heavy atom. The molecule has 2 bridgehead atoms. The van der Waals surface area contributed by atoms with Gasteiger partial charge in [0.1, 0.15) is 5.82 Å². The minimum atomic E-state index is -3.02. The first-order valence-electron chi connectivity index (χ1n) is 9.42. The predicted octanol–water partition coefficient (Wildman–Crippen LogP) is 2.69. The number of hydrogen-bond acceptors (Lipinski definition) is 4. The molecular formula is C19H27N3O3S. The zero-order valence-electron chi connectivity index (χ0n) is 15.6. The highest BCUT2D eigenvalue weighted by molar-refractivity contribution is 7.91. The molecule has 0 aromatic carbocycles. The number of sulfone groups is 1. The lowest BCUT2D eigenvalue weighted by Crippen LogP contribution is -2.28. The van der Waals surface area contributed by atoms with Crippen molar-refractivity contribution in [1.82, 2.24) is 9.78 Å². The third kappa shape index (κ3) is 3.21. The van der Waals surface area contributed by atoms with E-state index in [9.17, 15) is 13.2 Å². The van der Waals surface area contributed by atoms with E-state index in [1.54, 1.807) is 4.68 Å². The Labute approximate surface area is 155 Å². The van der Waals surface area contributed by atoms with Crippen molar-refractivity contribution >= 4 is 21.6 Å². The van der Waals surface area contributed by atoms with E-state index in [1.165, 1.54) is 0 Å². The van der Waals surface area contributed by atoms with E-state index in [2.05, 4.69) is 43.3 Å². The predicted molar refractivity (Wildman–Crippen MR) is 101 cm³/mol. The number of nitrogens with one attached hydrogen (secondary N) is 1. The van der Waals surface area contributed by atoms with Crippen LogP contribution in [0.25, 0.3) is 0 Å². The van der Waals surface area contributed by atoms with Gasteiger partial charge in [0.05, 0.1) is 23.2 Å². The summed E-state index contributed by atoms with van der Waals surface area (Å²) in [6.07, 6.45) is 6.92. The van der Waals surface area contributed by atoms with Gasteiger partial charge < -0.3 is 5.32 Å². The van der Waals surface area contributed by atoms with Crippen molar-refractivity contribution in [2.45, 2.75) is 51.5 Å². The fourth-order valence-corrected chi connectivity index (χ4v) is 6.09. The first kappa shape index (κ1) is 17.8. The Kier molecular flexibility index (Phi) is 4.06. The van der Waals surface area contributed by atoms with E-state index in [-0.39, 0.29) is 34.8 Å². The minimum absolute atomic E-state index is 0.0127. The van der Waals surface area contributed by atoms with Gasteiger partial charge in [0.25, 0.3) is 0 Å². The minimum Gasteiger partial charge on any atom is -0.311 e. The molecule has 1 saturated heterocycles. The normalized spacial score (nSPS) is 32.3. The molecule has 1 aromatic rings. The molecule has 6 nitrogen and oxygen atoms in total. The SMILES string of the molecule is CC(C)(C)c1cc(NC(=O)[C@H]2C[C@H]3C=C[C@H]2C3)n([C@@H]2CCS(=O)(=O)C2)n1. The highest BCUT2D eigenvalue weighted by Crippen LogP contribution is 2.44. The van der Waals surface area contributed by atoms with Crippen molar-refractivity contribution in [3.63, 3.8) is 0 Å². The molecule has 1 aromatic heterocycles. The number of aromatic nitrogens is 2. The van der Waals surface area contributed by atoms with Gasteiger partial charge in [-0.1, -0.05) is 32.9 Å². The lowest BCUT2D eigenvalue weighted by atomic mass is 9.92. The average Bonchev–Trinajstić information content (AvgIpc) is 3.28. The molecule has 2 aliphatic carbocycles. The Morgan fingerprint density at radius 1 is 1.27 bits per heavy atom. The van der Waals surface area contributed by atoms with Crippen molar-refractivity contribution in [2.24, 2.45) is 17.8 Å². The molecule has 1 N–H and O–H groups in total. The van der Waals surface area contributed by atoms with Gasteiger partial charge in [0, 0.05) is 17.4 Å². The van der Waals surface area contributed by atoms with Crippen LogP contribution in [0.15, 0.2) is 18.2 Å². The molecule has 4 atom stereocenters. The summed E-state index contributed by atoms with van der Waals surface area (Å²) < 4.78 is 25.6. The van der Waals surface area contributed by atoms with Crippen LogP contribution in [-0.4, -0.2) is 35.6 Å². The van der Waals surface area contributed by atoms with Crippen LogP contribution in [0.2, 0.25) is 0 Å². The molecule has 3 aliphatic rings. The first-order valence-corrected chi connectivity index (χ1v) is 11.2. The number of anilines is 1. The molecule has 1 aliphatic heterocycles. The number of fused-ring (bicyclic) bond motifs is 2. The molecule has 0 radical (unpaired) electrons. The van der Waals surface area contributed by atoms with Gasteiger partial charge in [-0.15, -0.1) is 0 Å². The third-order valence-corrected chi connectivity index (χ3v) is 7.68. The Balaban J connectivity index is 1.61. The quantitative estimate of drug-likeness (QED) is 0.821. The van der Waals surface area contributed by atoms with E-state index in [4.69, 9.17) is 0 Å². The second-order valence-corrected chi connectivity index (χ2v) is 11.3. The van der Waals surface area contributed by atoms with Crippen LogP contribution in [0.5, 0.6) is 0 Å². The van der Waals surface area contributed by atoms with Crippen LogP contribution in [0.3, 0.4) is 0 Å². The van der Waals surface area contributed by atoms with Crippen molar-refractivity contribution in [3.8, 4) is 0 Å². The van der Waals surface area contributed by atoms with Gasteiger partial charge >= 0.3 is 0 Å². The molecule has 4 rings (SSSR count). The smallest absolute Gasteiger partial charge is 0.229 e. The topological polar surface area (TPSA) is 81.1 Å². The summed E-state index contributed by atoms with van der Waals surface area (Å²) in [6, 6.07) is 1.71. The number of nitrogens with zero attached hydrogens (tertiary/aromatic N) is 2. The number of amides is 1. The van der Waals surface area contributed by atoms with Gasteiger partial charge in [0.2, 0.25) is 5.91 Å². The summed E-state index contributed by atoms with van der Waals surface area (Å²) in [5.41, 5.74) is 0.696. The number of hydrogen-bond donors (Lipinski definition) is 1. The number of carbonyl (C=O) groups excluding carboxylic acids is 1. The zero-order valence-corrected chi connectivity index (χ0v) is 16.4. The molecule has 1 amide bonds. The van der Waals surface area contributed by atoms with Gasteiger partial charge in [-0.2, -0.15) is 5.10 Å². The van der Waals surface area contributed by atoms with E-state index < -0.39 is 9.84 Å². The number of rotatable bonds is 3. The van der Waals surface area contributed by atoms with E-state index in [0.29, 0.717) is 24.1 Å². The van der Waals surface area contributed by atoms with Crippen LogP contribution in [0.4, 0.5) is 5.82 Å². The second-order valence-electron chi connectivity index (χ2n) is 9.04. The molecular weight excluding hydrogens is 350 g/mol. The van der Waals surface area contributed by atoms with Gasteiger partial charge in [0.15, 0.2) is 9.84 Å². The van der Waals surface area contributed by atoms with Crippen LogP contribution in [0.1, 0.15) is 51.8 Å². The van der Waals surface area contributed by atoms with E-state index >= 15 is 0 Å². The molecule has 7 heteroatoms. The van der Waals surface area contributed by atoms with Crippen molar-refractivity contribution < 1.29 is 13.2 Å². The Morgan fingerprint density at radius 3 is 2.58 bits per heavy atom. The fraction of sp³-hybridized carbons (Fsp3) is 0.684. The number of allylic oxidation sites excluding steroid dienone is 2. The Hall–Kier alpha value is -1.63. The molecule has 0 unspecified atom stereocenters. The van der Waals surface area contributed by atoms with E-state index in [1.807, 2.05) is 6.07 Å². The summed E-state index contributed by atoms with van der Waals surface area (Å²) >= 11 is 0. The summed E-state index contributed by atoms with van der Waals surface area (Å²) in [4.78, 5) is 12.9.